The first kappa shape index (κ1) is 120. The van der Waals surface area contributed by atoms with Gasteiger partial charge in [0.2, 0.25) is 47.8 Å². The zero-order valence-electron chi connectivity index (χ0n) is 86.1. The second kappa shape index (κ2) is 57.2. The molecule has 2 fully saturated rings. The number of benzene rings is 13. The van der Waals surface area contributed by atoms with Gasteiger partial charge in [0.15, 0.2) is 0 Å². The van der Waals surface area contributed by atoms with Crippen LogP contribution in [0.5, 0.6) is 0 Å². The minimum Gasteiger partial charge on any atom is -0.380 e. The highest BCUT2D eigenvalue weighted by molar-refractivity contribution is 7.93. The number of rotatable bonds is 30. The van der Waals surface area contributed by atoms with Crippen LogP contribution >= 0.6 is 80.9 Å². The number of nitrogens with zero attached hydrogens (tertiary/aromatic N) is 5. The molecule has 3 amide bonds. The van der Waals surface area contributed by atoms with E-state index in [-0.39, 0.29) is 53.4 Å². The number of aromatic nitrogens is 1. The summed E-state index contributed by atoms with van der Waals surface area (Å²) in [5, 5.41) is 7.95. The molecule has 2 saturated heterocycles. The number of hydrogen-bond donors (Lipinski definition) is 2. The average Bonchev–Trinajstić information content (AvgIpc) is 1.57. The van der Waals surface area contributed by atoms with E-state index in [9.17, 15) is 52.8 Å². The number of methoxy groups -OCH3 is 6. The smallest absolute Gasteiger partial charge is 0.235 e. The summed E-state index contributed by atoms with van der Waals surface area (Å²) in [6.07, 6.45) is 5.00. The fraction of sp³-hybridized carbons (Fsp3) is 0.270. The molecule has 0 spiro atoms. The van der Waals surface area contributed by atoms with Gasteiger partial charge in [-0.3, -0.25) is 27.7 Å². The number of hydrogen-bond acceptors (Lipinski definition) is 17. The molecule has 1 aromatic heterocycles. The summed E-state index contributed by atoms with van der Waals surface area (Å²) < 4.78 is 149. The maximum absolute atomic E-state index is 14.7. The third-order valence-corrected chi connectivity index (χ3v) is 29.9. The van der Waals surface area contributed by atoms with Gasteiger partial charge in [-0.2, -0.15) is 0 Å². The number of sulfonamides is 3. The van der Waals surface area contributed by atoms with E-state index in [0.717, 1.165) is 146 Å². The summed E-state index contributed by atoms with van der Waals surface area (Å²) in [5.74, 6) is -1.16. The molecule has 22 nitrogen and oxygen atoms in total. The van der Waals surface area contributed by atoms with E-state index < -0.39 is 41.7 Å². The largest absolute Gasteiger partial charge is 0.380 e. The fourth-order valence-electron chi connectivity index (χ4n) is 16.2. The average molecular weight is 2240 g/mol. The Labute approximate surface area is 912 Å². The van der Waals surface area contributed by atoms with Crippen molar-refractivity contribution < 1.29 is 81.2 Å². The molecule has 3 heterocycles. The summed E-state index contributed by atoms with van der Waals surface area (Å²) >= 11 is 37.2. The van der Waals surface area contributed by atoms with Crippen molar-refractivity contribution in [2.75, 3.05) is 117 Å². The van der Waals surface area contributed by atoms with Gasteiger partial charge in [0.05, 0.1) is 85.7 Å². The van der Waals surface area contributed by atoms with Crippen LogP contribution in [-0.2, 0) is 119 Å². The highest BCUT2D eigenvalue weighted by atomic mass is 35.5. The molecule has 0 unspecified atom stereocenters. The van der Waals surface area contributed by atoms with Crippen molar-refractivity contribution in [2.24, 2.45) is 11.8 Å². The molecule has 0 aliphatic carbocycles. The first-order valence-corrected chi connectivity index (χ1v) is 56.0. The van der Waals surface area contributed by atoms with Crippen LogP contribution in [0.15, 0.2) is 267 Å². The minimum atomic E-state index is -3.44. The zero-order chi connectivity index (χ0) is 109. The van der Waals surface area contributed by atoms with E-state index >= 15 is 0 Å². The summed E-state index contributed by atoms with van der Waals surface area (Å²) in [4.78, 5) is 44.8. The molecule has 2 aliphatic rings. The first-order valence-electron chi connectivity index (χ1n) is 47.6. The lowest BCUT2D eigenvalue weighted by Crippen LogP contribution is -2.30. The predicted octanol–water partition coefficient (Wildman–Crippen LogP) is 28.7. The Balaban J connectivity index is 0.000000179. The molecule has 150 heavy (non-hydrogen) atoms. The van der Waals surface area contributed by atoms with Crippen LogP contribution in [0, 0.1) is 36.2 Å². The number of thiazole rings is 1. The minimum absolute atomic E-state index is 0.00242. The number of amides is 3. The van der Waals surface area contributed by atoms with Gasteiger partial charge in [0.25, 0.3) is 0 Å². The van der Waals surface area contributed by atoms with Gasteiger partial charge in [-0.1, -0.05) is 201 Å². The van der Waals surface area contributed by atoms with Crippen LogP contribution in [-0.4, -0.2) is 136 Å². The standard InChI is InChI=1S/C19H22ClNO2.C18H17ClFNO2.C18H20ClNO2.C17H17ClFNO3S.C16H18ClNO3S.C15H16ClNO3S.C12H12FNS/c1-13(2)19(22)21(3)17-9-10-18(15(11-17)12-23-4)14-5-7-16(20)8-6-14;1-23-11-13-9-17(21-8-2-3-18(21)22)16(20)10-15(13)12-4-6-14(19)7-5-12;1-12(2)18(21)20-16-8-9-17(14(10-16)11-22-3)13-4-6-15(19)7-5-13;1-23-11-13-9-17(20-7-2-8-24(20,21)22)16(19)10-15(13)12-3-5-14(18)6-4-12;1-18(22(3,19)20)15-8-9-16(13(10-15)11-21-2)12-4-6-14(17)7-5-12;1-20-10-12-9-14(17-21(2,18)19)7-8-15(12)11-3-5-13(16)6-4-11;1-3-11-12(14-8(2)15-11)9-4-6-10(13)7-5-9/h5-11,13H,12H2,1-4H3;4-7,9-10H,2-3,8,11H2,1H3;4-10,12H,11H2,1-3H3,(H,20,21);3-6,9-10H,2,7-8,11H2,1H3;4-10H,11H2,1-3H3;3-9,17H,10H2,1-2H3;4-7H,3H2,1-2H3. The van der Waals surface area contributed by atoms with Crippen LogP contribution < -0.4 is 28.4 Å². The first-order chi connectivity index (χ1) is 71.4. The summed E-state index contributed by atoms with van der Waals surface area (Å²) in [7, 11) is 2.97. The van der Waals surface area contributed by atoms with Gasteiger partial charge in [0.1, 0.15) is 17.5 Å². The van der Waals surface area contributed by atoms with Gasteiger partial charge in [-0.05, 0) is 296 Å². The van der Waals surface area contributed by atoms with Gasteiger partial charge in [0, 0.05) is 146 Å². The molecule has 14 aromatic rings. The molecule has 2 aliphatic heterocycles. The van der Waals surface area contributed by atoms with Crippen molar-refractivity contribution in [1.82, 2.24) is 4.98 Å². The molecule has 0 saturated carbocycles. The molecule has 13 aromatic carbocycles. The maximum atomic E-state index is 14.7. The molecule has 0 bridgehead atoms. The number of aryl methyl sites for hydroxylation is 2. The lowest BCUT2D eigenvalue weighted by atomic mass is 9.98. The number of halogens is 9. The number of ether oxygens (including phenoxy) is 6. The van der Waals surface area contributed by atoms with E-state index in [1.807, 2.05) is 198 Å². The van der Waals surface area contributed by atoms with Gasteiger partial charge in [-0.15, -0.1) is 11.3 Å². The molecule has 0 atom stereocenters. The van der Waals surface area contributed by atoms with Crippen LogP contribution in [0.1, 0.15) is 97.1 Å². The molecule has 794 valence electrons. The Morgan fingerprint density at radius 1 is 0.440 bits per heavy atom. The second-order valence-corrected chi connectivity index (χ2v) is 45.2. The number of carbonyl (C=O) groups is 3. The number of nitrogens with one attached hydrogen (secondary N) is 2. The zero-order valence-corrected chi connectivity index (χ0v) is 93.9. The highest BCUT2D eigenvalue weighted by Crippen LogP contribution is 2.41. The highest BCUT2D eigenvalue weighted by Gasteiger charge is 2.32. The van der Waals surface area contributed by atoms with Crippen molar-refractivity contribution >= 4 is 163 Å². The van der Waals surface area contributed by atoms with Gasteiger partial charge < -0.3 is 43.5 Å². The van der Waals surface area contributed by atoms with E-state index in [1.165, 1.54) is 51.7 Å². The summed E-state index contributed by atoms with van der Waals surface area (Å²) in [6.45, 7) is 14.8. The van der Waals surface area contributed by atoms with Crippen molar-refractivity contribution in [3.05, 3.63) is 358 Å². The Morgan fingerprint density at radius 2 is 0.787 bits per heavy atom. The molecule has 16 rings (SSSR count). The van der Waals surface area contributed by atoms with Crippen LogP contribution in [0.2, 0.25) is 30.1 Å². The van der Waals surface area contributed by atoms with Crippen molar-refractivity contribution in [1.29, 1.82) is 0 Å². The lowest BCUT2D eigenvalue weighted by Gasteiger charge is -2.21. The normalized spacial score (nSPS) is 12.5. The van der Waals surface area contributed by atoms with Gasteiger partial charge >= 0.3 is 0 Å². The fourth-order valence-corrected chi connectivity index (χ4v) is 20.4. The summed E-state index contributed by atoms with van der Waals surface area (Å²) in [6, 6.07) is 80.0. The van der Waals surface area contributed by atoms with Crippen molar-refractivity contribution in [3.8, 4) is 78.0 Å². The maximum Gasteiger partial charge on any atom is 0.235 e. The van der Waals surface area contributed by atoms with Crippen molar-refractivity contribution in [2.45, 2.75) is 107 Å². The quantitative estimate of drug-likeness (QED) is 0.0424. The van der Waals surface area contributed by atoms with Crippen LogP contribution in [0.3, 0.4) is 0 Å². The third-order valence-electron chi connectivity index (χ3n) is 23.6. The Hall–Kier alpha value is -11.6. The summed E-state index contributed by atoms with van der Waals surface area (Å²) in [5.41, 5.74) is 21.9. The van der Waals surface area contributed by atoms with Crippen LogP contribution in [0.25, 0.3) is 78.0 Å². The lowest BCUT2D eigenvalue weighted by molar-refractivity contribution is -0.121. The SMILES string of the molecule is CCc1sc(C)nc1-c1ccc(F)cc1.COCc1cc(N(C)C(=O)C(C)C)ccc1-c1ccc(Cl)cc1.COCc1cc(N(C)S(C)(=O)=O)ccc1-c1ccc(Cl)cc1.COCc1cc(N2CCCC2=O)c(F)cc1-c1ccc(Cl)cc1.COCc1cc(N2CCCS2(=O)=O)c(F)cc1-c1ccc(Cl)cc1.COCc1cc(NC(=O)C(C)C)ccc1-c1ccc(Cl)cc1.COCc1cc(NS(C)(=O)=O)ccc1-c1ccc(Cl)cc1. The molecule has 2 N–H and O–H groups in total. The molecule has 0 radical (unpaired) electrons. The van der Waals surface area contributed by atoms with Crippen molar-refractivity contribution in [3.63, 3.8) is 0 Å². The van der Waals surface area contributed by atoms with E-state index in [2.05, 4.69) is 21.9 Å². The third kappa shape index (κ3) is 34.7. The monoisotopic (exact) mass is 2240 g/mol. The molecule has 35 heteroatoms. The Morgan fingerprint density at radius 3 is 1.14 bits per heavy atom. The Bertz CT molecular complexity index is 7280. The topological polar surface area (TPSA) is 259 Å². The second-order valence-electron chi connectivity index (χ2n) is 35.5. The molecular weight excluding hydrogens is 2120 g/mol. The number of anilines is 6. The van der Waals surface area contributed by atoms with Gasteiger partial charge in [-0.25, -0.2) is 43.4 Å². The van der Waals surface area contributed by atoms with E-state index in [1.54, 1.807) is 145 Å². The van der Waals surface area contributed by atoms with Crippen LogP contribution in [0.4, 0.5) is 47.3 Å². The molecular formula is C115H122Cl6F3N7O15S4. The Kier molecular flexibility index (Phi) is 45.9. The van der Waals surface area contributed by atoms with E-state index in [0.29, 0.717) is 112 Å². The number of carbonyl (C=O) groups excluding carboxylic acids is 3. The van der Waals surface area contributed by atoms with E-state index in [4.69, 9.17) is 98.0 Å². The predicted molar refractivity (Wildman–Crippen MR) is 608 cm³/mol.